The molecule has 4 aromatic rings. The molecule has 0 bridgehead atoms. The molecule has 4 rings (SSSR count). The topological polar surface area (TPSA) is 111 Å². The van der Waals surface area contributed by atoms with E-state index < -0.39 is 22.3 Å². The number of halogens is 2. The molecule has 0 saturated carbocycles. The van der Waals surface area contributed by atoms with Crippen LogP contribution in [-0.2, 0) is 4.79 Å². The second-order valence-corrected chi connectivity index (χ2v) is 8.23. The van der Waals surface area contributed by atoms with Gasteiger partial charge in [0.05, 0.1) is 21.8 Å². The predicted octanol–water partition coefficient (Wildman–Crippen LogP) is 5.38. The van der Waals surface area contributed by atoms with E-state index in [1.807, 2.05) is 24.3 Å². The van der Waals surface area contributed by atoms with Gasteiger partial charge in [0.1, 0.15) is 16.4 Å². The minimum Gasteiger partial charge on any atom is -0.410 e. The molecule has 30 heavy (non-hydrogen) atoms. The van der Waals surface area contributed by atoms with Gasteiger partial charge in [0.15, 0.2) is 0 Å². The van der Waals surface area contributed by atoms with Gasteiger partial charge >= 0.3 is 0 Å². The van der Waals surface area contributed by atoms with Crippen LogP contribution < -0.4 is 5.32 Å². The molecule has 8 nitrogen and oxygen atoms in total. The van der Waals surface area contributed by atoms with Crippen molar-refractivity contribution < 1.29 is 18.5 Å². The third kappa shape index (κ3) is 4.13. The molecule has 0 radical (unpaired) electrons. The summed E-state index contributed by atoms with van der Waals surface area (Å²) < 4.78 is 19.8. The summed E-state index contributed by atoms with van der Waals surface area (Å²) >= 11 is 8.77. The van der Waals surface area contributed by atoms with Gasteiger partial charge in [-0.3, -0.25) is 14.9 Å². The van der Waals surface area contributed by atoms with Gasteiger partial charge in [-0.15, -0.1) is 21.5 Å². The van der Waals surface area contributed by atoms with Crippen molar-refractivity contribution in [3.05, 3.63) is 63.4 Å². The zero-order chi connectivity index (χ0) is 21.3. The second-order valence-electron chi connectivity index (χ2n) is 5.87. The van der Waals surface area contributed by atoms with Crippen LogP contribution in [0.2, 0.25) is 5.02 Å². The Hall–Kier alpha value is -3.02. The molecular weight excluding hydrogens is 455 g/mol. The van der Waals surface area contributed by atoms with E-state index in [1.165, 1.54) is 11.3 Å². The molecular formula is C18H10ClFN4O4S2. The van der Waals surface area contributed by atoms with Crippen molar-refractivity contribution in [2.24, 2.45) is 0 Å². The van der Waals surface area contributed by atoms with Crippen LogP contribution in [0.3, 0.4) is 0 Å². The number of hydrogen-bond acceptors (Lipinski definition) is 8. The smallest absolute Gasteiger partial charge is 0.295 e. The number of anilines is 1. The van der Waals surface area contributed by atoms with E-state index in [1.54, 1.807) is 0 Å². The van der Waals surface area contributed by atoms with Crippen LogP contribution in [0.5, 0.6) is 0 Å². The highest BCUT2D eigenvalue weighted by Gasteiger charge is 2.20. The number of rotatable bonds is 6. The number of fused-ring (bicyclic) bond motifs is 1. The van der Waals surface area contributed by atoms with Crippen molar-refractivity contribution in [1.82, 2.24) is 10.2 Å². The maximum Gasteiger partial charge on any atom is 0.295 e. The highest BCUT2D eigenvalue weighted by molar-refractivity contribution is 7.99. The van der Waals surface area contributed by atoms with Crippen LogP contribution in [0.4, 0.5) is 15.8 Å². The number of benzene rings is 2. The third-order valence-corrected chi connectivity index (χ3v) is 6.37. The van der Waals surface area contributed by atoms with E-state index in [4.69, 9.17) is 16.0 Å². The molecule has 0 spiro atoms. The Labute approximate surface area is 181 Å². The molecule has 0 atom stereocenters. The lowest BCUT2D eigenvalue weighted by molar-refractivity contribution is -0.384. The first kappa shape index (κ1) is 20.3. The Balaban J connectivity index is 1.44. The van der Waals surface area contributed by atoms with Crippen LogP contribution in [0.25, 0.3) is 20.9 Å². The Morgan fingerprint density at radius 2 is 2.10 bits per heavy atom. The average Bonchev–Trinajstić information content (AvgIpc) is 3.32. The highest BCUT2D eigenvalue weighted by Crippen LogP contribution is 2.41. The molecule has 0 fully saturated rings. The molecule has 0 saturated heterocycles. The van der Waals surface area contributed by atoms with E-state index in [0.717, 1.165) is 40.0 Å². The lowest BCUT2D eigenvalue weighted by Crippen LogP contribution is -2.15. The molecule has 0 aliphatic carbocycles. The van der Waals surface area contributed by atoms with Gasteiger partial charge in [-0.05, 0) is 18.2 Å². The zero-order valence-corrected chi connectivity index (χ0v) is 17.2. The summed E-state index contributed by atoms with van der Waals surface area (Å²) in [6, 6.07) is 10.5. The number of carbonyl (C=O) groups is 1. The first-order chi connectivity index (χ1) is 14.4. The Bertz CT molecular complexity index is 1280. The fraction of sp³-hybridized carbons (Fsp3) is 0.0556. The van der Waals surface area contributed by atoms with Crippen molar-refractivity contribution in [2.45, 2.75) is 5.22 Å². The number of nitrogens with zero attached hydrogens (tertiary/aromatic N) is 3. The van der Waals surface area contributed by atoms with Crippen LogP contribution >= 0.6 is 34.7 Å². The molecule has 2 heterocycles. The van der Waals surface area contributed by atoms with Crippen molar-refractivity contribution in [1.29, 1.82) is 0 Å². The Morgan fingerprint density at radius 1 is 1.30 bits per heavy atom. The van der Waals surface area contributed by atoms with Crippen LogP contribution in [0.1, 0.15) is 0 Å². The Morgan fingerprint density at radius 3 is 2.87 bits per heavy atom. The highest BCUT2D eigenvalue weighted by atomic mass is 35.5. The third-order valence-electron chi connectivity index (χ3n) is 3.89. The fourth-order valence-electron chi connectivity index (χ4n) is 2.59. The molecule has 1 amide bonds. The van der Waals surface area contributed by atoms with Gasteiger partial charge in [0.2, 0.25) is 5.91 Å². The largest absolute Gasteiger partial charge is 0.410 e. The van der Waals surface area contributed by atoms with Gasteiger partial charge in [-0.2, -0.15) is 0 Å². The number of nitrogens with one attached hydrogen (secondary N) is 1. The fourth-order valence-corrected chi connectivity index (χ4v) is 4.58. The van der Waals surface area contributed by atoms with E-state index >= 15 is 0 Å². The molecule has 152 valence electrons. The molecule has 2 aromatic carbocycles. The van der Waals surface area contributed by atoms with Gasteiger partial charge in [-0.25, -0.2) is 4.39 Å². The average molecular weight is 465 g/mol. The number of nitro groups is 1. The number of nitro benzene ring substituents is 1. The van der Waals surface area contributed by atoms with Crippen molar-refractivity contribution in [3.63, 3.8) is 0 Å². The van der Waals surface area contributed by atoms with E-state index in [9.17, 15) is 19.3 Å². The summed E-state index contributed by atoms with van der Waals surface area (Å²) in [5, 5.41) is 22.8. The van der Waals surface area contributed by atoms with Gasteiger partial charge in [0, 0.05) is 10.1 Å². The monoisotopic (exact) mass is 464 g/mol. The van der Waals surface area contributed by atoms with E-state index in [2.05, 4.69) is 15.5 Å². The normalized spacial score (nSPS) is 11.0. The summed E-state index contributed by atoms with van der Waals surface area (Å²) in [5.74, 6) is -1.23. The van der Waals surface area contributed by atoms with Gasteiger partial charge in [0.25, 0.3) is 16.8 Å². The van der Waals surface area contributed by atoms with Crippen LogP contribution in [0.15, 0.2) is 52.1 Å². The van der Waals surface area contributed by atoms with Gasteiger partial charge < -0.3 is 9.73 Å². The van der Waals surface area contributed by atoms with E-state index in [-0.39, 0.29) is 22.6 Å². The molecule has 12 heteroatoms. The SMILES string of the molecule is O=C(CSc1nnc(-c2sc3ccccc3c2Cl)o1)Nc1ccc(F)cc1[N+](=O)[O-]. The number of thiophene rings is 1. The molecule has 2 aromatic heterocycles. The zero-order valence-electron chi connectivity index (χ0n) is 14.8. The van der Waals surface area contributed by atoms with E-state index in [0.29, 0.717) is 9.90 Å². The molecule has 0 aliphatic rings. The maximum atomic E-state index is 13.2. The van der Waals surface area contributed by atoms with Crippen LogP contribution in [0, 0.1) is 15.9 Å². The Kier molecular flexibility index (Phi) is 5.66. The minimum absolute atomic E-state index is 0.102. The van der Waals surface area contributed by atoms with Crippen molar-refractivity contribution in [3.8, 4) is 10.8 Å². The lowest BCUT2D eigenvalue weighted by atomic mass is 10.2. The number of hydrogen-bond donors (Lipinski definition) is 1. The number of thioether (sulfide) groups is 1. The lowest BCUT2D eigenvalue weighted by Gasteiger charge is -2.05. The van der Waals surface area contributed by atoms with Crippen molar-refractivity contribution >= 4 is 62.1 Å². The summed E-state index contributed by atoms with van der Waals surface area (Å²) in [6.45, 7) is 0. The summed E-state index contributed by atoms with van der Waals surface area (Å²) in [5.41, 5.74) is -0.636. The number of carbonyl (C=O) groups excluding carboxylic acids is 1. The summed E-state index contributed by atoms with van der Waals surface area (Å²) in [4.78, 5) is 23.0. The van der Waals surface area contributed by atoms with Crippen LogP contribution in [-0.4, -0.2) is 26.8 Å². The predicted molar refractivity (Wildman–Crippen MR) is 113 cm³/mol. The molecule has 0 aliphatic heterocycles. The summed E-state index contributed by atoms with van der Waals surface area (Å²) in [6.07, 6.45) is 0. The number of amides is 1. The first-order valence-corrected chi connectivity index (χ1v) is 10.5. The molecule has 1 N–H and O–H groups in total. The minimum atomic E-state index is -0.773. The summed E-state index contributed by atoms with van der Waals surface area (Å²) in [7, 11) is 0. The quantitative estimate of drug-likeness (QED) is 0.231. The van der Waals surface area contributed by atoms with Gasteiger partial charge in [-0.1, -0.05) is 41.6 Å². The standard InChI is InChI=1S/C18H10ClFN4O4S2/c19-15-10-3-1-2-4-13(10)30-16(15)17-22-23-18(28-17)29-8-14(25)21-11-6-5-9(20)7-12(11)24(26)27/h1-7H,8H2,(H,21,25). The maximum absolute atomic E-state index is 13.2. The second kappa shape index (κ2) is 8.38. The van der Waals surface area contributed by atoms with Crippen molar-refractivity contribution in [2.75, 3.05) is 11.1 Å². The molecule has 0 unspecified atom stereocenters. The first-order valence-electron chi connectivity index (χ1n) is 8.30. The number of aromatic nitrogens is 2.